The molecule has 1 aliphatic rings. The molecule has 0 unspecified atom stereocenters. The maximum Gasteiger partial charge on any atom is 0.128 e. The Morgan fingerprint density at radius 3 is 2.53 bits per heavy atom. The van der Waals surface area contributed by atoms with Crippen molar-refractivity contribution in [2.75, 3.05) is 11.4 Å². The van der Waals surface area contributed by atoms with E-state index in [1.165, 1.54) is 18.6 Å². The van der Waals surface area contributed by atoms with E-state index in [1.807, 2.05) is 0 Å². The third kappa shape index (κ3) is 2.96. The largest absolute Gasteiger partial charge is 0.368 e. The molecule has 1 aromatic carbocycles. The molecule has 1 aliphatic heterocycles. The first-order valence-electron chi connectivity index (χ1n) is 6.43. The van der Waals surface area contributed by atoms with Gasteiger partial charge < -0.3 is 4.90 Å². The van der Waals surface area contributed by atoms with Gasteiger partial charge in [-0.05, 0) is 37.8 Å². The van der Waals surface area contributed by atoms with Gasteiger partial charge in [-0.2, -0.15) is 0 Å². The first kappa shape index (κ1) is 12.3. The summed E-state index contributed by atoms with van der Waals surface area (Å²) in [5.74, 6) is -0.971. The van der Waals surface area contributed by atoms with Crippen LogP contribution in [0.1, 0.15) is 39.0 Å². The minimum absolute atomic E-state index is 0.440. The molecule has 0 N–H and O–H groups in total. The van der Waals surface area contributed by atoms with Crippen LogP contribution in [0.4, 0.5) is 14.5 Å². The lowest BCUT2D eigenvalue weighted by molar-refractivity contribution is 0.433. The topological polar surface area (TPSA) is 3.24 Å². The van der Waals surface area contributed by atoms with Crippen LogP contribution in [-0.4, -0.2) is 12.6 Å². The summed E-state index contributed by atoms with van der Waals surface area (Å²) in [6.07, 6.45) is 5.67. The highest BCUT2D eigenvalue weighted by atomic mass is 19.1. The molecule has 1 aromatic rings. The highest BCUT2D eigenvalue weighted by Gasteiger charge is 2.22. The van der Waals surface area contributed by atoms with Gasteiger partial charge in [0, 0.05) is 24.3 Å². The van der Waals surface area contributed by atoms with Gasteiger partial charge in [-0.15, -0.1) is 0 Å². The van der Waals surface area contributed by atoms with Crippen LogP contribution in [-0.2, 0) is 0 Å². The summed E-state index contributed by atoms with van der Waals surface area (Å²) in [6, 6.07) is 4.26. The maximum absolute atomic E-state index is 13.2. The molecule has 94 valence electrons. The zero-order chi connectivity index (χ0) is 12.3. The fraction of sp³-hybridized carbons (Fsp3) is 0.571. The van der Waals surface area contributed by atoms with Crippen molar-refractivity contribution in [2.24, 2.45) is 0 Å². The van der Waals surface area contributed by atoms with Gasteiger partial charge in [0.1, 0.15) is 11.6 Å². The van der Waals surface area contributed by atoms with Crippen LogP contribution in [0.2, 0.25) is 0 Å². The molecule has 1 atom stereocenters. The normalized spacial score (nSPS) is 20.6. The van der Waals surface area contributed by atoms with Crippen LogP contribution in [0, 0.1) is 11.6 Å². The van der Waals surface area contributed by atoms with Gasteiger partial charge in [0.05, 0.1) is 0 Å². The number of anilines is 1. The molecule has 0 bridgehead atoms. The molecule has 0 spiro atoms. The number of halogens is 2. The second-order valence-electron chi connectivity index (χ2n) is 4.76. The van der Waals surface area contributed by atoms with Crippen LogP contribution in [0.15, 0.2) is 18.2 Å². The van der Waals surface area contributed by atoms with Crippen LogP contribution in [0.25, 0.3) is 0 Å². The average molecular weight is 239 g/mol. The van der Waals surface area contributed by atoms with Crippen LogP contribution in [0.3, 0.4) is 0 Å². The lowest BCUT2D eigenvalue weighted by Crippen LogP contribution is -2.39. The van der Waals surface area contributed by atoms with Crippen LogP contribution in [0.5, 0.6) is 0 Å². The summed E-state index contributed by atoms with van der Waals surface area (Å²) in [5.41, 5.74) is 0.695. The van der Waals surface area contributed by atoms with E-state index >= 15 is 0 Å². The summed E-state index contributed by atoms with van der Waals surface area (Å²) < 4.78 is 26.5. The zero-order valence-corrected chi connectivity index (χ0v) is 10.3. The first-order chi connectivity index (χ1) is 8.20. The quantitative estimate of drug-likeness (QED) is 0.766. The van der Waals surface area contributed by atoms with Crippen molar-refractivity contribution < 1.29 is 8.78 Å². The molecule has 2 rings (SSSR count). The highest BCUT2D eigenvalue weighted by molar-refractivity contribution is 5.48. The average Bonchev–Trinajstić information content (AvgIpc) is 2.29. The van der Waals surface area contributed by atoms with E-state index in [-0.39, 0.29) is 0 Å². The van der Waals surface area contributed by atoms with Crippen molar-refractivity contribution in [2.45, 2.75) is 45.1 Å². The van der Waals surface area contributed by atoms with E-state index in [2.05, 4.69) is 11.8 Å². The molecule has 1 fully saturated rings. The van der Waals surface area contributed by atoms with Crippen LogP contribution < -0.4 is 4.90 Å². The number of nitrogens with zero attached hydrogens (tertiary/aromatic N) is 1. The molecule has 1 nitrogen and oxygen atoms in total. The molecular weight excluding hydrogens is 220 g/mol. The van der Waals surface area contributed by atoms with Crippen molar-refractivity contribution in [3.63, 3.8) is 0 Å². The Bertz CT molecular complexity index is 356. The molecule has 1 saturated heterocycles. The Balaban J connectivity index is 2.22. The fourth-order valence-electron chi connectivity index (χ4n) is 2.68. The van der Waals surface area contributed by atoms with E-state index in [0.29, 0.717) is 11.7 Å². The van der Waals surface area contributed by atoms with Gasteiger partial charge >= 0.3 is 0 Å². The third-order valence-electron chi connectivity index (χ3n) is 3.43. The second-order valence-corrected chi connectivity index (χ2v) is 4.76. The van der Waals surface area contributed by atoms with Gasteiger partial charge in [-0.1, -0.05) is 13.3 Å². The zero-order valence-electron chi connectivity index (χ0n) is 10.3. The predicted octanol–water partition coefficient (Wildman–Crippen LogP) is 4.12. The molecule has 0 aromatic heterocycles. The van der Waals surface area contributed by atoms with Crippen molar-refractivity contribution in [1.82, 2.24) is 0 Å². The minimum Gasteiger partial charge on any atom is -0.368 e. The molecule has 1 heterocycles. The Kier molecular flexibility index (Phi) is 3.97. The Morgan fingerprint density at radius 1 is 1.18 bits per heavy atom. The van der Waals surface area contributed by atoms with Gasteiger partial charge in [0.2, 0.25) is 0 Å². The summed E-state index contributed by atoms with van der Waals surface area (Å²) >= 11 is 0. The summed E-state index contributed by atoms with van der Waals surface area (Å²) in [4.78, 5) is 2.17. The first-order valence-corrected chi connectivity index (χ1v) is 6.43. The van der Waals surface area contributed by atoms with Crippen molar-refractivity contribution in [3.8, 4) is 0 Å². The number of hydrogen-bond donors (Lipinski definition) is 0. The fourth-order valence-corrected chi connectivity index (χ4v) is 2.68. The number of piperidine rings is 1. The van der Waals surface area contributed by atoms with Gasteiger partial charge in [-0.25, -0.2) is 8.78 Å². The monoisotopic (exact) mass is 239 g/mol. The highest BCUT2D eigenvalue weighted by Crippen LogP contribution is 2.28. The molecule has 3 heteroatoms. The van der Waals surface area contributed by atoms with Crippen molar-refractivity contribution in [1.29, 1.82) is 0 Å². The Morgan fingerprint density at radius 2 is 1.88 bits per heavy atom. The number of rotatable bonds is 3. The number of hydrogen-bond acceptors (Lipinski definition) is 1. The predicted molar refractivity (Wildman–Crippen MR) is 66.3 cm³/mol. The number of benzene rings is 1. The standard InChI is InChI=1S/C14H19F2N/c1-2-5-13-6-3-4-7-17(13)14-9-11(15)8-12(16)10-14/h8-10,13H,2-7H2,1H3/t13-/m0/s1. The van der Waals surface area contributed by atoms with Crippen LogP contribution >= 0.6 is 0 Å². The molecule has 0 aliphatic carbocycles. The molecular formula is C14H19F2N. The molecule has 17 heavy (non-hydrogen) atoms. The minimum atomic E-state index is -0.485. The lowest BCUT2D eigenvalue weighted by atomic mass is 9.97. The maximum atomic E-state index is 13.2. The lowest BCUT2D eigenvalue weighted by Gasteiger charge is -2.37. The molecule has 0 saturated carbocycles. The van der Waals surface area contributed by atoms with Gasteiger partial charge in [0.15, 0.2) is 0 Å². The molecule has 0 radical (unpaired) electrons. The Hall–Kier alpha value is -1.12. The summed E-state index contributed by atoms with van der Waals surface area (Å²) in [7, 11) is 0. The Labute approximate surface area is 101 Å². The van der Waals surface area contributed by atoms with E-state index in [0.717, 1.165) is 38.3 Å². The van der Waals surface area contributed by atoms with Gasteiger partial charge in [-0.3, -0.25) is 0 Å². The van der Waals surface area contributed by atoms with E-state index < -0.39 is 11.6 Å². The third-order valence-corrected chi connectivity index (χ3v) is 3.43. The van der Waals surface area contributed by atoms with E-state index in [1.54, 1.807) is 0 Å². The molecule has 0 amide bonds. The van der Waals surface area contributed by atoms with E-state index in [9.17, 15) is 8.78 Å². The SMILES string of the molecule is CCC[C@H]1CCCCN1c1cc(F)cc(F)c1. The smallest absolute Gasteiger partial charge is 0.128 e. The summed E-state index contributed by atoms with van der Waals surface area (Å²) in [6.45, 7) is 3.06. The van der Waals surface area contributed by atoms with Crippen molar-refractivity contribution >= 4 is 5.69 Å². The van der Waals surface area contributed by atoms with Crippen molar-refractivity contribution in [3.05, 3.63) is 29.8 Å². The summed E-state index contributed by atoms with van der Waals surface area (Å²) in [5, 5.41) is 0. The van der Waals surface area contributed by atoms with Gasteiger partial charge in [0.25, 0.3) is 0 Å². The second kappa shape index (κ2) is 5.48. The van der Waals surface area contributed by atoms with E-state index in [4.69, 9.17) is 0 Å².